The molecule has 11 heteroatoms. The Balaban J connectivity index is 1.70. The van der Waals surface area contributed by atoms with Gasteiger partial charge in [-0.2, -0.15) is 0 Å². The number of nitrogen functional groups attached to an aromatic ring is 1. The molecule has 3 aromatic rings. The number of nitrogens with zero attached hydrogens (tertiary/aromatic N) is 2. The first kappa shape index (κ1) is 27.7. The Morgan fingerprint density at radius 1 is 1.03 bits per heavy atom. The molecule has 0 aliphatic carbocycles. The van der Waals surface area contributed by atoms with Gasteiger partial charge in [-0.3, -0.25) is 14.4 Å². The van der Waals surface area contributed by atoms with E-state index in [9.17, 15) is 8.96 Å². The molecule has 0 saturated heterocycles. The fourth-order valence-corrected chi connectivity index (χ4v) is 5.36. The van der Waals surface area contributed by atoms with E-state index in [1.165, 1.54) is 12.1 Å². The first-order chi connectivity index (χ1) is 17.3. The summed E-state index contributed by atoms with van der Waals surface area (Å²) >= 11 is 0. The van der Waals surface area contributed by atoms with Gasteiger partial charge < -0.3 is 29.0 Å². The Bertz CT molecular complexity index is 1200. The Hall–Kier alpha value is -2.91. The van der Waals surface area contributed by atoms with Crippen LogP contribution in [0.25, 0.3) is 10.9 Å². The maximum Gasteiger partial charge on any atom is 0.344 e. The molecule has 0 aliphatic heterocycles. The van der Waals surface area contributed by atoms with Crippen molar-refractivity contribution >= 4 is 24.2 Å². The number of anilines is 1. The van der Waals surface area contributed by atoms with Gasteiger partial charge in [-0.15, -0.1) is 0 Å². The van der Waals surface area contributed by atoms with Crippen molar-refractivity contribution in [2.45, 2.75) is 20.3 Å². The molecule has 0 amide bonds. The third-order valence-corrected chi connectivity index (χ3v) is 7.30. The molecule has 196 valence electrons. The molecule has 0 saturated carbocycles. The second-order valence-corrected chi connectivity index (χ2v) is 10.0. The summed E-state index contributed by atoms with van der Waals surface area (Å²) in [7, 11) is 0.248. The van der Waals surface area contributed by atoms with Crippen molar-refractivity contribution in [1.29, 1.82) is 0 Å². The summed E-state index contributed by atoms with van der Waals surface area (Å²) in [6, 6.07) is 9.40. The van der Waals surface area contributed by atoms with Gasteiger partial charge in [0.1, 0.15) is 12.0 Å². The Morgan fingerprint density at radius 3 is 2.44 bits per heavy atom. The highest BCUT2D eigenvalue weighted by molar-refractivity contribution is 7.53. The van der Waals surface area contributed by atoms with Crippen LogP contribution >= 0.6 is 7.60 Å². The highest BCUT2D eigenvalue weighted by Crippen LogP contribution is 2.48. The number of fused-ring (bicyclic) bond motifs is 1. The van der Waals surface area contributed by atoms with Crippen LogP contribution in [0.1, 0.15) is 20.3 Å². The zero-order valence-corrected chi connectivity index (χ0v) is 21.9. The van der Waals surface area contributed by atoms with Gasteiger partial charge in [-0.05, 0) is 51.6 Å². The van der Waals surface area contributed by atoms with E-state index in [-0.39, 0.29) is 12.0 Å². The summed E-state index contributed by atoms with van der Waals surface area (Å²) in [6.07, 6.45) is 2.43. The topological polar surface area (TPSA) is 105 Å². The minimum absolute atomic E-state index is 0.0504. The fourth-order valence-electron chi connectivity index (χ4n) is 3.60. The van der Waals surface area contributed by atoms with Crippen molar-refractivity contribution in [2.24, 2.45) is 0 Å². The quantitative estimate of drug-likeness (QED) is 0.163. The van der Waals surface area contributed by atoms with E-state index in [4.69, 9.17) is 29.0 Å². The lowest BCUT2D eigenvalue weighted by molar-refractivity contribution is 0.199. The van der Waals surface area contributed by atoms with Crippen molar-refractivity contribution in [2.75, 3.05) is 52.5 Å². The first-order valence-electron chi connectivity index (χ1n) is 11.7. The van der Waals surface area contributed by atoms with Crippen LogP contribution in [0.4, 0.5) is 10.1 Å². The average Bonchev–Trinajstić information content (AvgIpc) is 2.83. The van der Waals surface area contributed by atoms with E-state index in [1.807, 2.05) is 11.9 Å². The molecule has 0 fully saturated rings. The largest absolute Gasteiger partial charge is 0.493 e. The van der Waals surface area contributed by atoms with E-state index in [2.05, 4.69) is 4.98 Å². The molecule has 36 heavy (non-hydrogen) atoms. The third kappa shape index (κ3) is 7.30. The standard InChI is InChI=1S/C25H33FN3O6P/c1-5-33-36(30,34-6-2)17-29(3)12-7-13-32-25-15-19-21(16-24(25)31-4)28-11-10-22(19)35-23-9-8-18(27)14-20(23)26/h8-11,14-16H,5-7,12-13,17,27H2,1-4H3. The van der Waals surface area contributed by atoms with Crippen LogP contribution in [0.15, 0.2) is 42.6 Å². The number of methoxy groups -OCH3 is 1. The number of benzene rings is 2. The zero-order chi connectivity index (χ0) is 26.1. The molecular weight excluding hydrogens is 488 g/mol. The van der Waals surface area contributed by atoms with Gasteiger partial charge in [0.15, 0.2) is 23.1 Å². The Kier molecular flexibility index (Phi) is 9.89. The molecule has 2 aromatic carbocycles. The number of aromatic nitrogens is 1. The molecule has 0 radical (unpaired) electrons. The summed E-state index contributed by atoms with van der Waals surface area (Å²) in [5, 5.41) is 0.635. The predicted octanol–water partition coefficient (Wildman–Crippen LogP) is 5.68. The Labute approximate surface area is 210 Å². The van der Waals surface area contributed by atoms with Gasteiger partial charge in [-0.1, -0.05) is 0 Å². The van der Waals surface area contributed by atoms with Gasteiger partial charge in [0, 0.05) is 35.9 Å². The number of hydrogen-bond acceptors (Lipinski definition) is 9. The number of rotatable bonds is 14. The molecule has 9 nitrogen and oxygen atoms in total. The lowest BCUT2D eigenvalue weighted by Crippen LogP contribution is -2.24. The number of nitrogens with two attached hydrogens (primary N) is 1. The van der Waals surface area contributed by atoms with Gasteiger partial charge in [0.2, 0.25) is 0 Å². The minimum Gasteiger partial charge on any atom is -0.493 e. The molecule has 0 aliphatic rings. The molecular formula is C25H33FN3O6P. The molecule has 0 unspecified atom stereocenters. The molecule has 0 spiro atoms. The van der Waals surface area contributed by atoms with E-state index in [0.29, 0.717) is 66.6 Å². The molecule has 0 atom stereocenters. The highest BCUT2D eigenvalue weighted by atomic mass is 31.2. The van der Waals surface area contributed by atoms with Crippen molar-refractivity contribution in [3.8, 4) is 23.0 Å². The zero-order valence-electron chi connectivity index (χ0n) is 21.0. The fraction of sp³-hybridized carbons (Fsp3) is 0.400. The van der Waals surface area contributed by atoms with Crippen LogP contribution in [-0.2, 0) is 13.6 Å². The lowest BCUT2D eigenvalue weighted by Gasteiger charge is -2.23. The monoisotopic (exact) mass is 521 g/mol. The van der Waals surface area contributed by atoms with Crippen molar-refractivity contribution in [1.82, 2.24) is 9.88 Å². The van der Waals surface area contributed by atoms with E-state index in [0.717, 1.165) is 0 Å². The highest BCUT2D eigenvalue weighted by Gasteiger charge is 2.25. The van der Waals surface area contributed by atoms with Crippen LogP contribution in [0.5, 0.6) is 23.0 Å². The van der Waals surface area contributed by atoms with Crippen LogP contribution in [0.2, 0.25) is 0 Å². The van der Waals surface area contributed by atoms with E-state index < -0.39 is 13.4 Å². The van der Waals surface area contributed by atoms with Crippen LogP contribution in [-0.4, -0.2) is 56.7 Å². The maximum absolute atomic E-state index is 14.3. The second kappa shape index (κ2) is 12.9. The van der Waals surface area contributed by atoms with Gasteiger partial charge >= 0.3 is 7.60 Å². The maximum atomic E-state index is 14.3. The number of halogens is 1. The summed E-state index contributed by atoms with van der Waals surface area (Å²) in [4.78, 5) is 6.26. The molecule has 1 heterocycles. The Morgan fingerprint density at radius 2 is 1.78 bits per heavy atom. The predicted molar refractivity (Wildman–Crippen MR) is 138 cm³/mol. The summed E-state index contributed by atoms with van der Waals surface area (Å²) in [5.41, 5.74) is 6.55. The summed E-state index contributed by atoms with van der Waals surface area (Å²) in [6.45, 7) is 5.21. The smallest absolute Gasteiger partial charge is 0.344 e. The summed E-state index contributed by atoms with van der Waals surface area (Å²) < 4.78 is 55.0. The van der Waals surface area contributed by atoms with Crippen LogP contribution < -0.4 is 19.9 Å². The number of ether oxygens (including phenoxy) is 3. The molecule has 1 aromatic heterocycles. The molecule has 2 N–H and O–H groups in total. The number of pyridine rings is 1. The van der Waals surface area contributed by atoms with Crippen LogP contribution in [0, 0.1) is 5.82 Å². The lowest BCUT2D eigenvalue weighted by atomic mass is 10.1. The summed E-state index contributed by atoms with van der Waals surface area (Å²) in [5.74, 6) is 0.911. The third-order valence-electron chi connectivity index (χ3n) is 5.17. The normalized spacial score (nSPS) is 11.7. The first-order valence-corrected chi connectivity index (χ1v) is 13.4. The molecule has 0 bridgehead atoms. The second-order valence-electron chi connectivity index (χ2n) is 7.99. The average molecular weight is 522 g/mol. The molecule has 3 rings (SSSR count). The number of hydrogen-bond donors (Lipinski definition) is 1. The van der Waals surface area contributed by atoms with Crippen molar-refractivity contribution < 1.29 is 32.2 Å². The van der Waals surface area contributed by atoms with E-state index >= 15 is 0 Å². The van der Waals surface area contributed by atoms with E-state index in [1.54, 1.807) is 51.4 Å². The van der Waals surface area contributed by atoms with Gasteiger partial charge in [0.25, 0.3) is 0 Å². The minimum atomic E-state index is -3.15. The van der Waals surface area contributed by atoms with Gasteiger partial charge in [0.05, 0.1) is 32.4 Å². The van der Waals surface area contributed by atoms with Crippen LogP contribution in [0.3, 0.4) is 0 Å². The van der Waals surface area contributed by atoms with Crippen molar-refractivity contribution in [3.05, 3.63) is 48.4 Å². The SMILES string of the molecule is CCOP(=O)(CN(C)CCCOc1cc2c(Oc3ccc(N)cc3F)ccnc2cc1OC)OCC. The van der Waals surface area contributed by atoms with Crippen molar-refractivity contribution in [3.63, 3.8) is 0 Å². The van der Waals surface area contributed by atoms with Gasteiger partial charge in [-0.25, -0.2) is 4.39 Å².